The van der Waals surface area contributed by atoms with E-state index in [1.165, 1.54) is 6.92 Å². The third kappa shape index (κ3) is 4.00. The molecule has 2 aromatic carbocycles. The summed E-state index contributed by atoms with van der Waals surface area (Å²) >= 11 is 0. The third-order valence-electron chi connectivity index (χ3n) is 2.92. The van der Waals surface area contributed by atoms with E-state index < -0.39 is 5.97 Å². The molecule has 0 heterocycles. The molecule has 0 aliphatic carbocycles. The van der Waals surface area contributed by atoms with Gasteiger partial charge in [0.15, 0.2) is 5.78 Å². The topological polar surface area (TPSA) is 52.6 Å². The summed E-state index contributed by atoms with van der Waals surface area (Å²) in [6, 6.07) is 13.6. The van der Waals surface area contributed by atoms with Crippen LogP contribution in [0.1, 0.15) is 33.2 Å². The molecule has 0 spiro atoms. The van der Waals surface area contributed by atoms with Gasteiger partial charge >= 0.3 is 5.97 Å². The summed E-state index contributed by atoms with van der Waals surface area (Å²) in [4.78, 5) is 23.4. The summed E-state index contributed by atoms with van der Waals surface area (Å²) in [5.74, 6) is -0.187. The molecule has 2 rings (SSSR count). The normalized spacial score (nSPS) is 10.2. The number of ether oxygens (including phenoxy) is 2. The van der Waals surface area contributed by atoms with E-state index in [-0.39, 0.29) is 5.78 Å². The summed E-state index contributed by atoms with van der Waals surface area (Å²) in [6.45, 7) is 1.90. The molecule has 0 saturated heterocycles. The second kappa shape index (κ2) is 6.81. The highest BCUT2D eigenvalue weighted by Gasteiger charge is 2.10. The Morgan fingerprint density at radius 1 is 1.00 bits per heavy atom. The lowest BCUT2D eigenvalue weighted by molar-refractivity contribution is 0.0733. The van der Waals surface area contributed by atoms with E-state index >= 15 is 0 Å². The molecule has 0 saturated carbocycles. The van der Waals surface area contributed by atoms with Crippen LogP contribution in [0.3, 0.4) is 0 Å². The van der Waals surface area contributed by atoms with Gasteiger partial charge in [0, 0.05) is 12.7 Å². The molecule has 0 aliphatic heterocycles. The molecule has 0 bridgehead atoms. The predicted molar refractivity (Wildman–Crippen MR) is 78.6 cm³/mol. The molecule has 0 radical (unpaired) electrons. The molecule has 2 aromatic rings. The smallest absolute Gasteiger partial charge is 0.343 e. The molecule has 0 amide bonds. The minimum atomic E-state index is -0.464. The van der Waals surface area contributed by atoms with Gasteiger partial charge in [-0.15, -0.1) is 0 Å². The van der Waals surface area contributed by atoms with Gasteiger partial charge < -0.3 is 9.47 Å². The quantitative estimate of drug-likeness (QED) is 0.480. The molecular formula is C17H16O4. The lowest BCUT2D eigenvalue weighted by Gasteiger charge is -2.07. The van der Waals surface area contributed by atoms with Crippen molar-refractivity contribution in [3.63, 3.8) is 0 Å². The number of hydrogen-bond acceptors (Lipinski definition) is 4. The van der Waals surface area contributed by atoms with Crippen LogP contribution in [0.15, 0.2) is 48.5 Å². The highest BCUT2D eigenvalue weighted by Crippen LogP contribution is 2.16. The van der Waals surface area contributed by atoms with Gasteiger partial charge in [0.2, 0.25) is 0 Å². The number of rotatable bonds is 5. The first-order chi connectivity index (χ1) is 10.1. The van der Waals surface area contributed by atoms with Crippen LogP contribution in [-0.4, -0.2) is 18.9 Å². The van der Waals surface area contributed by atoms with Crippen LogP contribution in [0, 0.1) is 0 Å². The van der Waals surface area contributed by atoms with Gasteiger partial charge in [-0.05, 0) is 36.8 Å². The van der Waals surface area contributed by atoms with Crippen LogP contribution in [0.2, 0.25) is 0 Å². The fourth-order valence-electron chi connectivity index (χ4n) is 1.90. The van der Waals surface area contributed by atoms with E-state index in [2.05, 4.69) is 0 Å². The predicted octanol–water partition coefficient (Wildman–Crippen LogP) is 3.25. The van der Waals surface area contributed by atoms with E-state index in [4.69, 9.17) is 9.47 Å². The third-order valence-corrected chi connectivity index (χ3v) is 2.92. The van der Waals surface area contributed by atoms with Crippen LogP contribution in [-0.2, 0) is 11.3 Å². The maximum Gasteiger partial charge on any atom is 0.343 e. The van der Waals surface area contributed by atoms with Crippen molar-refractivity contribution in [3.8, 4) is 5.75 Å². The Hall–Kier alpha value is -2.46. The van der Waals surface area contributed by atoms with Gasteiger partial charge in [0.05, 0.1) is 12.2 Å². The highest BCUT2D eigenvalue weighted by molar-refractivity contribution is 5.95. The van der Waals surface area contributed by atoms with E-state index in [1.807, 2.05) is 6.07 Å². The first kappa shape index (κ1) is 14.9. The number of benzene rings is 2. The van der Waals surface area contributed by atoms with Gasteiger partial charge in [-0.1, -0.05) is 24.3 Å². The SMILES string of the molecule is COCc1cccc(C(=O)Oc2cccc(C(C)=O)c2)c1. The second-order valence-corrected chi connectivity index (χ2v) is 4.61. The van der Waals surface area contributed by atoms with Crippen LogP contribution in [0.5, 0.6) is 5.75 Å². The number of carbonyl (C=O) groups is 2. The van der Waals surface area contributed by atoms with Crippen molar-refractivity contribution in [2.45, 2.75) is 13.5 Å². The van der Waals surface area contributed by atoms with Crippen molar-refractivity contribution < 1.29 is 19.1 Å². The number of ketones is 1. The first-order valence-electron chi connectivity index (χ1n) is 6.51. The first-order valence-corrected chi connectivity index (χ1v) is 6.51. The zero-order chi connectivity index (χ0) is 15.2. The second-order valence-electron chi connectivity index (χ2n) is 4.61. The number of hydrogen-bond donors (Lipinski definition) is 0. The minimum absolute atomic E-state index is 0.0741. The molecule has 0 aliphatic rings. The number of Topliss-reactive ketones (excluding diaryl/α,β-unsaturated/α-hetero) is 1. The van der Waals surface area contributed by atoms with Crippen LogP contribution < -0.4 is 4.74 Å². The Labute approximate surface area is 123 Å². The standard InChI is InChI=1S/C17H16O4/c1-12(18)14-6-4-8-16(10-14)21-17(19)15-7-3-5-13(9-15)11-20-2/h3-10H,11H2,1-2H3. The van der Waals surface area contributed by atoms with Gasteiger partial charge in [-0.25, -0.2) is 4.79 Å². The molecule has 0 unspecified atom stereocenters. The van der Waals surface area contributed by atoms with E-state index in [9.17, 15) is 9.59 Å². The largest absolute Gasteiger partial charge is 0.423 e. The zero-order valence-corrected chi connectivity index (χ0v) is 12.0. The minimum Gasteiger partial charge on any atom is -0.423 e. The highest BCUT2D eigenvalue weighted by atomic mass is 16.5. The Balaban J connectivity index is 2.16. The lowest BCUT2D eigenvalue weighted by Crippen LogP contribution is -2.09. The summed E-state index contributed by atoms with van der Waals surface area (Å²) in [5, 5.41) is 0. The lowest BCUT2D eigenvalue weighted by atomic mass is 10.1. The van der Waals surface area contributed by atoms with Crippen molar-refractivity contribution in [3.05, 3.63) is 65.2 Å². The van der Waals surface area contributed by atoms with Gasteiger partial charge in [-0.2, -0.15) is 0 Å². The summed E-state index contributed by atoms with van der Waals surface area (Å²) in [6.07, 6.45) is 0. The summed E-state index contributed by atoms with van der Waals surface area (Å²) < 4.78 is 10.3. The van der Waals surface area contributed by atoms with E-state index in [0.29, 0.717) is 23.5 Å². The van der Waals surface area contributed by atoms with Gasteiger partial charge in [-0.3, -0.25) is 4.79 Å². The molecule has 4 heteroatoms. The van der Waals surface area contributed by atoms with Gasteiger partial charge in [0.25, 0.3) is 0 Å². The van der Waals surface area contributed by atoms with E-state index in [1.54, 1.807) is 49.6 Å². The Morgan fingerprint density at radius 2 is 1.71 bits per heavy atom. The molecule has 0 fully saturated rings. The molecule has 21 heavy (non-hydrogen) atoms. The monoisotopic (exact) mass is 284 g/mol. The average molecular weight is 284 g/mol. The van der Waals surface area contributed by atoms with Crippen molar-refractivity contribution >= 4 is 11.8 Å². The van der Waals surface area contributed by atoms with Crippen molar-refractivity contribution in [1.29, 1.82) is 0 Å². The van der Waals surface area contributed by atoms with Crippen LogP contribution in [0.25, 0.3) is 0 Å². The maximum atomic E-state index is 12.1. The molecule has 0 aromatic heterocycles. The fourth-order valence-corrected chi connectivity index (χ4v) is 1.90. The molecule has 108 valence electrons. The van der Waals surface area contributed by atoms with Crippen LogP contribution in [0.4, 0.5) is 0 Å². The number of methoxy groups -OCH3 is 1. The molecule has 0 N–H and O–H groups in total. The number of carbonyl (C=O) groups excluding carboxylic acids is 2. The molecular weight excluding hydrogens is 268 g/mol. The fraction of sp³-hybridized carbons (Fsp3) is 0.176. The summed E-state index contributed by atoms with van der Waals surface area (Å²) in [7, 11) is 1.60. The van der Waals surface area contributed by atoms with Crippen LogP contribution >= 0.6 is 0 Å². The Kier molecular flexibility index (Phi) is 4.85. The molecule has 4 nitrogen and oxygen atoms in total. The Bertz CT molecular complexity index is 661. The Morgan fingerprint density at radius 3 is 2.43 bits per heavy atom. The zero-order valence-electron chi connectivity index (χ0n) is 12.0. The van der Waals surface area contributed by atoms with Crippen molar-refractivity contribution in [1.82, 2.24) is 0 Å². The van der Waals surface area contributed by atoms with Gasteiger partial charge in [0.1, 0.15) is 5.75 Å². The maximum absolute atomic E-state index is 12.1. The van der Waals surface area contributed by atoms with Crippen molar-refractivity contribution in [2.75, 3.05) is 7.11 Å². The van der Waals surface area contributed by atoms with E-state index in [0.717, 1.165) is 5.56 Å². The summed E-state index contributed by atoms with van der Waals surface area (Å²) in [5.41, 5.74) is 1.84. The average Bonchev–Trinajstić information content (AvgIpc) is 2.48. The van der Waals surface area contributed by atoms with Crippen molar-refractivity contribution in [2.24, 2.45) is 0 Å². The number of esters is 1. The molecule has 0 atom stereocenters.